The van der Waals surface area contributed by atoms with E-state index in [9.17, 15) is 21.6 Å². The van der Waals surface area contributed by atoms with E-state index in [4.69, 9.17) is 0 Å². The highest BCUT2D eigenvalue weighted by molar-refractivity contribution is 14.0. The summed E-state index contributed by atoms with van der Waals surface area (Å²) in [6, 6.07) is 12.0. The Balaban J connectivity index is 0.00000480. The smallest absolute Gasteiger partial charge is 0.357 e. The SMILES string of the molecule is CCNC(=NCc1ccccc1NS(C)(=O)=O)NCCc1ccc(C(F)(F)F)cc1.I. The van der Waals surface area contributed by atoms with Gasteiger partial charge < -0.3 is 10.6 Å². The van der Waals surface area contributed by atoms with E-state index in [0.29, 0.717) is 36.7 Å². The fraction of sp³-hybridized carbons (Fsp3) is 0.350. The van der Waals surface area contributed by atoms with Gasteiger partial charge in [-0.15, -0.1) is 24.0 Å². The number of anilines is 1. The number of nitrogens with one attached hydrogen (secondary N) is 3. The number of guanidine groups is 1. The van der Waals surface area contributed by atoms with Gasteiger partial charge in [-0.2, -0.15) is 13.2 Å². The summed E-state index contributed by atoms with van der Waals surface area (Å²) in [6.07, 6.45) is -2.74. The number of rotatable bonds is 8. The zero-order valence-electron chi connectivity index (χ0n) is 17.2. The minimum atomic E-state index is -4.34. The van der Waals surface area contributed by atoms with Crippen molar-refractivity contribution < 1.29 is 21.6 Å². The molecule has 2 rings (SSSR count). The molecule has 2 aromatic carbocycles. The van der Waals surface area contributed by atoms with Crippen molar-refractivity contribution in [1.29, 1.82) is 0 Å². The van der Waals surface area contributed by atoms with Gasteiger partial charge in [0.25, 0.3) is 0 Å². The van der Waals surface area contributed by atoms with E-state index in [-0.39, 0.29) is 30.5 Å². The third kappa shape index (κ3) is 9.76. The predicted molar refractivity (Wildman–Crippen MR) is 128 cm³/mol. The zero-order chi connectivity index (χ0) is 22.2. The Kier molecular flexibility index (Phi) is 10.6. The number of para-hydroxylation sites is 1. The second-order valence-corrected chi connectivity index (χ2v) is 8.35. The third-order valence-electron chi connectivity index (χ3n) is 4.05. The Morgan fingerprint density at radius 2 is 1.68 bits per heavy atom. The quantitative estimate of drug-likeness (QED) is 0.255. The monoisotopic (exact) mass is 570 g/mol. The lowest BCUT2D eigenvalue weighted by Crippen LogP contribution is -2.38. The molecule has 0 spiro atoms. The molecule has 0 saturated heterocycles. The van der Waals surface area contributed by atoms with Crippen LogP contribution in [-0.2, 0) is 29.2 Å². The molecule has 2 aromatic rings. The molecule has 3 N–H and O–H groups in total. The van der Waals surface area contributed by atoms with Gasteiger partial charge >= 0.3 is 6.18 Å². The molecular weight excluding hydrogens is 544 g/mol. The molecule has 0 aromatic heterocycles. The predicted octanol–water partition coefficient (Wildman–Crippen LogP) is 3.99. The van der Waals surface area contributed by atoms with Gasteiger partial charge in [0.2, 0.25) is 10.0 Å². The number of hydrogen-bond acceptors (Lipinski definition) is 3. The Labute approximate surface area is 197 Å². The van der Waals surface area contributed by atoms with E-state index in [1.807, 2.05) is 6.92 Å². The molecule has 0 radical (unpaired) electrons. The van der Waals surface area contributed by atoms with Crippen molar-refractivity contribution in [3.63, 3.8) is 0 Å². The summed E-state index contributed by atoms with van der Waals surface area (Å²) in [4.78, 5) is 4.46. The first-order valence-electron chi connectivity index (χ1n) is 9.32. The molecule has 0 aliphatic rings. The molecule has 0 amide bonds. The topological polar surface area (TPSA) is 82.6 Å². The third-order valence-corrected chi connectivity index (χ3v) is 4.64. The molecule has 0 unspecified atom stereocenters. The average molecular weight is 570 g/mol. The molecule has 6 nitrogen and oxygen atoms in total. The average Bonchev–Trinajstić information content (AvgIpc) is 2.65. The maximum Gasteiger partial charge on any atom is 0.416 e. The standard InChI is InChI=1S/C20H25F3N4O2S.HI/c1-3-24-19(25-13-12-15-8-10-17(11-9-15)20(21,22)23)26-14-16-6-4-5-7-18(16)27-30(2,28)29;/h4-11,27H,3,12-14H2,1-2H3,(H2,24,25,26);1H. The van der Waals surface area contributed by atoms with Gasteiger partial charge in [0, 0.05) is 13.1 Å². The number of aliphatic imine (C=N–C) groups is 1. The highest BCUT2D eigenvalue weighted by Gasteiger charge is 2.29. The number of alkyl halides is 3. The summed E-state index contributed by atoms with van der Waals surface area (Å²) in [5.74, 6) is 0.526. The summed E-state index contributed by atoms with van der Waals surface area (Å²) < 4.78 is 63.4. The molecular formula is C20H26F3IN4O2S. The number of nitrogens with zero attached hydrogens (tertiary/aromatic N) is 1. The summed E-state index contributed by atoms with van der Waals surface area (Å²) in [5.41, 5.74) is 1.27. The van der Waals surface area contributed by atoms with Crippen LogP contribution in [0.15, 0.2) is 53.5 Å². The molecule has 11 heteroatoms. The van der Waals surface area contributed by atoms with Crippen molar-refractivity contribution in [2.45, 2.75) is 26.1 Å². The summed E-state index contributed by atoms with van der Waals surface area (Å²) >= 11 is 0. The second-order valence-electron chi connectivity index (χ2n) is 6.60. The normalized spacial score (nSPS) is 12.1. The van der Waals surface area contributed by atoms with Crippen LogP contribution in [0.2, 0.25) is 0 Å². The Morgan fingerprint density at radius 1 is 1.03 bits per heavy atom. The van der Waals surface area contributed by atoms with Crippen LogP contribution in [0.3, 0.4) is 0 Å². The summed E-state index contributed by atoms with van der Waals surface area (Å²) in [7, 11) is -3.41. The van der Waals surface area contributed by atoms with Crippen LogP contribution >= 0.6 is 24.0 Å². The van der Waals surface area contributed by atoms with E-state index in [0.717, 1.165) is 24.0 Å². The van der Waals surface area contributed by atoms with Crippen LogP contribution in [0.1, 0.15) is 23.6 Å². The van der Waals surface area contributed by atoms with Crippen molar-refractivity contribution in [2.24, 2.45) is 4.99 Å². The molecule has 0 atom stereocenters. The second kappa shape index (κ2) is 12.1. The molecule has 0 heterocycles. The fourth-order valence-corrected chi connectivity index (χ4v) is 3.25. The Bertz CT molecular complexity index is 965. The lowest BCUT2D eigenvalue weighted by Gasteiger charge is -2.13. The van der Waals surface area contributed by atoms with Gasteiger partial charge in [-0.25, -0.2) is 13.4 Å². The van der Waals surface area contributed by atoms with E-state index in [1.54, 1.807) is 24.3 Å². The van der Waals surface area contributed by atoms with Crippen LogP contribution in [-0.4, -0.2) is 33.7 Å². The Hall–Kier alpha value is -2.02. The van der Waals surface area contributed by atoms with Crippen molar-refractivity contribution >= 4 is 45.6 Å². The van der Waals surface area contributed by atoms with Gasteiger partial charge in [0.1, 0.15) is 0 Å². The molecule has 31 heavy (non-hydrogen) atoms. The fourth-order valence-electron chi connectivity index (χ4n) is 2.65. The molecule has 0 saturated carbocycles. The minimum Gasteiger partial charge on any atom is -0.357 e. The summed E-state index contributed by atoms with van der Waals surface area (Å²) in [5, 5.41) is 6.22. The first-order chi connectivity index (χ1) is 14.1. The van der Waals surface area contributed by atoms with Crippen LogP contribution in [0.25, 0.3) is 0 Å². The maximum atomic E-state index is 12.6. The van der Waals surface area contributed by atoms with Crippen LogP contribution < -0.4 is 15.4 Å². The largest absolute Gasteiger partial charge is 0.416 e. The van der Waals surface area contributed by atoms with Crippen molar-refractivity contribution in [2.75, 3.05) is 24.1 Å². The van der Waals surface area contributed by atoms with E-state index in [2.05, 4.69) is 20.3 Å². The Morgan fingerprint density at radius 3 is 2.26 bits per heavy atom. The van der Waals surface area contributed by atoms with Crippen molar-refractivity contribution in [3.05, 3.63) is 65.2 Å². The number of hydrogen-bond donors (Lipinski definition) is 3. The molecule has 0 bridgehead atoms. The van der Waals surface area contributed by atoms with E-state index in [1.165, 1.54) is 12.1 Å². The minimum absolute atomic E-state index is 0. The van der Waals surface area contributed by atoms with E-state index >= 15 is 0 Å². The van der Waals surface area contributed by atoms with Gasteiger partial charge in [-0.05, 0) is 42.7 Å². The summed E-state index contributed by atoms with van der Waals surface area (Å²) in [6.45, 7) is 3.25. The molecule has 0 aliphatic carbocycles. The van der Waals surface area contributed by atoms with Crippen LogP contribution in [0, 0.1) is 0 Å². The van der Waals surface area contributed by atoms with Gasteiger partial charge in [0.15, 0.2) is 5.96 Å². The van der Waals surface area contributed by atoms with Crippen molar-refractivity contribution in [3.8, 4) is 0 Å². The van der Waals surface area contributed by atoms with Crippen LogP contribution in [0.4, 0.5) is 18.9 Å². The first kappa shape index (κ1) is 27.0. The number of halogens is 4. The zero-order valence-corrected chi connectivity index (χ0v) is 20.3. The van der Waals surface area contributed by atoms with Gasteiger partial charge in [-0.3, -0.25) is 4.72 Å². The molecule has 172 valence electrons. The number of benzene rings is 2. The van der Waals surface area contributed by atoms with E-state index < -0.39 is 21.8 Å². The number of sulfonamides is 1. The van der Waals surface area contributed by atoms with Crippen molar-refractivity contribution in [1.82, 2.24) is 10.6 Å². The van der Waals surface area contributed by atoms with Gasteiger partial charge in [-0.1, -0.05) is 30.3 Å². The highest BCUT2D eigenvalue weighted by atomic mass is 127. The highest BCUT2D eigenvalue weighted by Crippen LogP contribution is 2.29. The van der Waals surface area contributed by atoms with Crippen LogP contribution in [0.5, 0.6) is 0 Å². The first-order valence-corrected chi connectivity index (χ1v) is 11.2. The molecule has 0 fully saturated rings. The lowest BCUT2D eigenvalue weighted by atomic mass is 10.1. The molecule has 0 aliphatic heterocycles. The van der Waals surface area contributed by atoms with Gasteiger partial charge in [0.05, 0.1) is 24.1 Å². The maximum absolute atomic E-state index is 12.6. The lowest BCUT2D eigenvalue weighted by molar-refractivity contribution is -0.137.